The minimum absolute atomic E-state index is 0.0209. The van der Waals surface area contributed by atoms with Crippen molar-refractivity contribution in [3.63, 3.8) is 0 Å². The lowest BCUT2D eigenvalue weighted by molar-refractivity contribution is 0.298. The van der Waals surface area contributed by atoms with Crippen molar-refractivity contribution >= 4 is 34.2 Å². The molecule has 0 aliphatic carbocycles. The maximum atomic E-state index is 13.4. The number of hydrogen-bond acceptors (Lipinski definition) is 3. The molecular formula is C27H24Cl2O3. The van der Waals surface area contributed by atoms with E-state index < -0.39 is 0 Å². The van der Waals surface area contributed by atoms with Crippen molar-refractivity contribution in [1.82, 2.24) is 0 Å². The van der Waals surface area contributed by atoms with Gasteiger partial charge in [-0.15, -0.1) is 0 Å². The number of halogens is 2. The van der Waals surface area contributed by atoms with Gasteiger partial charge in [0.2, 0.25) is 11.2 Å². The number of fused-ring (bicyclic) bond motifs is 1. The third-order valence-electron chi connectivity index (χ3n) is 5.39. The van der Waals surface area contributed by atoms with Gasteiger partial charge in [-0.3, -0.25) is 4.79 Å². The molecule has 0 aliphatic rings. The molecule has 0 saturated carbocycles. The molecule has 0 N–H and O–H groups in total. The molecule has 1 aromatic heterocycles. The van der Waals surface area contributed by atoms with Crippen molar-refractivity contribution in [2.75, 3.05) is 0 Å². The predicted octanol–water partition coefficient (Wildman–Crippen LogP) is 7.95. The van der Waals surface area contributed by atoms with Crippen LogP contribution in [0.25, 0.3) is 22.3 Å². The van der Waals surface area contributed by atoms with E-state index >= 15 is 0 Å². The summed E-state index contributed by atoms with van der Waals surface area (Å²) in [6, 6.07) is 18.8. The zero-order valence-corrected chi connectivity index (χ0v) is 20.0. The standard InChI is InChI=1S/C27H24Cl2O3/c1-16-5-11-20-23(13-16)32-25(18-7-9-19(10-8-18)27(2,3)4)26(24(20)30)31-15-17-6-12-21(28)22(29)14-17/h5-14H,15H2,1-4H3. The lowest BCUT2D eigenvalue weighted by Crippen LogP contribution is -2.11. The summed E-state index contributed by atoms with van der Waals surface area (Å²) in [6.07, 6.45) is 0. The van der Waals surface area contributed by atoms with Crippen LogP contribution in [-0.4, -0.2) is 0 Å². The van der Waals surface area contributed by atoms with Gasteiger partial charge < -0.3 is 9.15 Å². The van der Waals surface area contributed by atoms with Crippen molar-refractivity contribution in [1.29, 1.82) is 0 Å². The van der Waals surface area contributed by atoms with Crippen LogP contribution in [0, 0.1) is 6.92 Å². The summed E-state index contributed by atoms with van der Waals surface area (Å²) < 4.78 is 12.3. The average Bonchev–Trinajstić information content (AvgIpc) is 2.74. The first-order valence-electron chi connectivity index (χ1n) is 10.4. The molecule has 0 radical (unpaired) electrons. The number of hydrogen-bond donors (Lipinski definition) is 0. The fourth-order valence-corrected chi connectivity index (χ4v) is 3.83. The second-order valence-electron chi connectivity index (χ2n) is 8.95. The van der Waals surface area contributed by atoms with E-state index in [0.29, 0.717) is 26.8 Å². The monoisotopic (exact) mass is 466 g/mol. The van der Waals surface area contributed by atoms with Crippen LogP contribution in [0.1, 0.15) is 37.5 Å². The van der Waals surface area contributed by atoms with Crippen LogP contribution < -0.4 is 10.2 Å². The molecule has 4 aromatic rings. The fraction of sp³-hybridized carbons (Fsp3) is 0.222. The fourth-order valence-electron chi connectivity index (χ4n) is 3.51. The maximum absolute atomic E-state index is 13.4. The van der Waals surface area contributed by atoms with Crippen molar-refractivity contribution in [3.8, 4) is 17.1 Å². The number of ether oxygens (including phenoxy) is 1. The summed E-state index contributed by atoms with van der Waals surface area (Å²) in [5.74, 6) is 0.588. The number of rotatable bonds is 4. The molecule has 0 bridgehead atoms. The molecule has 4 rings (SSSR count). The van der Waals surface area contributed by atoms with Crippen LogP contribution in [0.2, 0.25) is 10.0 Å². The molecular weight excluding hydrogens is 443 g/mol. The molecule has 0 spiro atoms. The molecule has 32 heavy (non-hydrogen) atoms. The average molecular weight is 467 g/mol. The first kappa shape index (κ1) is 22.4. The van der Waals surface area contributed by atoms with E-state index in [0.717, 1.165) is 16.7 Å². The third kappa shape index (κ3) is 4.55. The van der Waals surface area contributed by atoms with Crippen molar-refractivity contribution in [2.24, 2.45) is 0 Å². The Hall–Kier alpha value is -2.75. The van der Waals surface area contributed by atoms with Crippen LogP contribution in [-0.2, 0) is 12.0 Å². The summed E-state index contributed by atoms with van der Waals surface area (Å²) in [7, 11) is 0. The zero-order valence-electron chi connectivity index (χ0n) is 18.5. The van der Waals surface area contributed by atoms with Gasteiger partial charge in [-0.1, -0.05) is 80.4 Å². The Balaban J connectivity index is 1.82. The second-order valence-corrected chi connectivity index (χ2v) is 9.77. The highest BCUT2D eigenvalue weighted by atomic mass is 35.5. The van der Waals surface area contributed by atoms with Gasteiger partial charge >= 0.3 is 0 Å². The number of aryl methyl sites for hydroxylation is 1. The van der Waals surface area contributed by atoms with E-state index in [-0.39, 0.29) is 23.2 Å². The highest BCUT2D eigenvalue weighted by molar-refractivity contribution is 6.42. The summed E-state index contributed by atoms with van der Waals surface area (Å²) >= 11 is 12.1. The Kier molecular flexibility index (Phi) is 6.07. The van der Waals surface area contributed by atoms with E-state index in [2.05, 4.69) is 32.9 Å². The molecule has 164 valence electrons. The van der Waals surface area contributed by atoms with Gasteiger partial charge in [-0.25, -0.2) is 0 Å². The SMILES string of the molecule is Cc1ccc2c(=O)c(OCc3ccc(Cl)c(Cl)c3)c(-c3ccc(C(C)(C)C)cc3)oc2c1. The van der Waals surface area contributed by atoms with E-state index in [9.17, 15) is 4.79 Å². The smallest absolute Gasteiger partial charge is 0.235 e. The second kappa shape index (κ2) is 8.65. The Morgan fingerprint density at radius 1 is 0.906 bits per heavy atom. The van der Waals surface area contributed by atoms with Crippen molar-refractivity contribution in [2.45, 2.75) is 39.7 Å². The Morgan fingerprint density at radius 2 is 1.62 bits per heavy atom. The van der Waals surface area contributed by atoms with Gasteiger partial charge in [0.1, 0.15) is 12.2 Å². The van der Waals surface area contributed by atoms with Gasteiger partial charge in [-0.2, -0.15) is 0 Å². The summed E-state index contributed by atoms with van der Waals surface area (Å²) in [5.41, 5.74) is 4.14. The summed E-state index contributed by atoms with van der Waals surface area (Å²) in [5, 5.41) is 1.39. The minimum Gasteiger partial charge on any atom is -0.481 e. The molecule has 0 aliphatic heterocycles. The van der Waals surface area contributed by atoms with Gasteiger partial charge in [0.05, 0.1) is 15.4 Å². The van der Waals surface area contributed by atoms with Crippen LogP contribution in [0.15, 0.2) is 69.9 Å². The normalized spacial score (nSPS) is 11.7. The van der Waals surface area contributed by atoms with Gasteiger partial charge in [0.25, 0.3) is 0 Å². The highest BCUT2D eigenvalue weighted by Crippen LogP contribution is 2.33. The van der Waals surface area contributed by atoms with Crippen molar-refractivity contribution in [3.05, 3.63) is 97.6 Å². The Labute approximate surface area is 197 Å². The zero-order chi connectivity index (χ0) is 23.0. The molecule has 0 amide bonds. The van der Waals surface area contributed by atoms with Crippen LogP contribution >= 0.6 is 23.2 Å². The lowest BCUT2D eigenvalue weighted by atomic mass is 9.86. The summed E-state index contributed by atoms with van der Waals surface area (Å²) in [4.78, 5) is 13.4. The molecule has 0 saturated heterocycles. The Morgan fingerprint density at radius 3 is 2.28 bits per heavy atom. The molecule has 0 unspecified atom stereocenters. The summed E-state index contributed by atoms with van der Waals surface area (Å²) in [6.45, 7) is 8.60. The van der Waals surface area contributed by atoms with E-state index in [1.54, 1.807) is 18.2 Å². The first-order valence-corrected chi connectivity index (χ1v) is 11.1. The Bertz CT molecular complexity index is 1350. The van der Waals surface area contributed by atoms with Crippen LogP contribution in [0.4, 0.5) is 0 Å². The van der Waals surface area contributed by atoms with Gasteiger partial charge in [0.15, 0.2) is 5.76 Å². The molecule has 3 nitrogen and oxygen atoms in total. The topological polar surface area (TPSA) is 39.4 Å². The lowest BCUT2D eigenvalue weighted by Gasteiger charge is -2.19. The van der Waals surface area contributed by atoms with E-state index in [1.807, 2.05) is 37.3 Å². The molecule has 0 atom stereocenters. The third-order valence-corrected chi connectivity index (χ3v) is 6.13. The maximum Gasteiger partial charge on any atom is 0.235 e. The van der Waals surface area contributed by atoms with Gasteiger partial charge in [0, 0.05) is 5.56 Å². The quantitative estimate of drug-likeness (QED) is 0.306. The number of benzene rings is 3. The first-order chi connectivity index (χ1) is 15.1. The van der Waals surface area contributed by atoms with Gasteiger partial charge in [-0.05, 0) is 53.3 Å². The van der Waals surface area contributed by atoms with E-state index in [4.69, 9.17) is 32.4 Å². The largest absolute Gasteiger partial charge is 0.481 e. The molecule has 1 heterocycles. The van der Waals surface area contributed by atoms with Crippen LogP contribution in [0.5, 0.6) is 5.75 Å². The molecule has 5 heteroatoms. The highest BCUT2D eigenvalue weighted by Gasteiger charge is 2.20. The van der Waals surface area contributed by atoms with E-state index in [1.165, 1.54) is 5.56 Å². The molecule has 0 fully saturated rings. The predicted molar refractivity (Wildman–Crippen MR) is 132 cm³/mol. The minimum atomic E-state index is -0.207. The van der Waals surface area contributed by atoms with Crippen LogP contribution in [0.3, 0.4) is 0 Å². The van der Waals surface area contributed by atoms with Crippen molar-refractivity contribution < 1.29 is 9.15 Å². The molecule has 3 aromatic carbocycles.